The van der Waals surface area contributed by atoms with Gasteiger partial charge in [0, 0.05) is 0 Å². The molecule has 1 N–H and O–H groups in total. The molecule has 0 aliphatic carbocycles. The molecule has 0 aromatic rings. The third kappa shape index (κ3) is 7.62. The number of hydrogen-bond donors (Lipinski definition) is 1. The van der Waals surface area contributed by atoms with Gasteiger partial charge in [0.1, 0.15) is 13.1 Å². The highest BCUT2D eigenvalue weighted by molar-refractivity contribution is 7.89. The summed E-state index contributed by atoms with van der Waals surface area (Å²) in [7, 11) is -4.71. The molecular weight excluding hydrogens is 295 g/mol. The molecule has 0 radical (unpaired) electrons. The smallest absolute Gasteiger partial charge is 0.402 e. The number of rotatable bonds is 7. The van der Waals surface area contributed by atoms with Crippen LogP contribution in [0.25, 0.3) is 0 Å². The summed E-state index contributed by atoms with van der Waals surface area (Å²) < 4.78 is 63.4. The minimum Gasteiger partial charge on any atom is -0.480 e. The van der Waals surface area contributed by atoms with Crippen LogP contribution < -0.4 is 0 Å². The Morgan fingerprint density at radius 3 is 2.21 bits per heavy atom. The SMILES string of the molecule is CCOC(=O)CS(=O)(=O)N(CC(=O)O)CC(F)(F)F. The van der Waals surface area contributed by atoms with Gasteiger partial charge in [0.15, 0.2) is 5.75 Å². The quantitative estimate of drug-likeness (QED) is 0.655. The highest BCUT2D eigenvalue weighted by atomic mass is 32.2. The maximum absolute atomic E-state index is 12.2. The van der Waals surface area contributed by atoms with Gasteiger partial charge in [-0.1, -0.05) is 0 Å². The lowest BCUT2D eigenvalue weighted by Gasteiger charge is -2.21. The summed E-state index contributed by atoms with van der Waals surface area (Å²) in [5.41, 5.74) is 0. The third-order valence-electron chi connectivity index (χ3n) is 1.67. The fourth-order valence-electron chi connectivity index (χ4n) is 1.05. The summed E-state index contributed by atoms with van der Waals surface area (Å²) in [4.78, 5) is 21.3. The molecule has 0 rings (SSSR count). The first-order valence-electron chi connectivity index (χ1n) is 4.90. The minimum atomic E-state index is -4.92. The van der Waals surface area contributed by atoms with Crippen molar-refractivity contribution >= 4 is 22.0 Å². The monoisotopic (exact) mass is 307 g/mol. The molecule has 0 fully saturated rings. The van der Waals surface area contributed by atoms with Crippen LogP contribution >= 0.6 is 0 Å². The van der Waals surface area contributed by atoms with Crippen molar-refractivity contribution in [3.8, 4) is 0 Å². The molecular formula is C8H12F3NO6S. The fraction of sp³-hybridized carbons (Fsp3) is 0.750. The summed E-state index contributed by atoms with van der Waals surface area (Å²) in [6.45, 7) is -2.13. The Bertz CT molecular complexity index is 432. The second-order valence-corrected chi connectivity index (χ2v) is 5.31. The molecule has 0 bridgehead atoms. The summed E-state index contributed by atoms with van der Waals surface area (Å²) in [6.07, 6.45) is -4.92. The van der Waals surface area contributed by atoms with Crippen LogP contribution in [0.1, 0.15) is 6.92 Å². The first-order valence-corrected chi connectivity index (χ1v) is 6.51. The van der Waals surface area contributed by atoms with Crippen molar-refractivity contribution in [1.82, 2.24) is 4.31 Å². The number of carboxylic acids is 1. The van der Waals surface area contributed by atoms with E-state index >= 15 is 0 Å². The third-order valence-corrected chi connectivity index (χ3v) is 3.31. The molecule has 112 valence electrons. The Hall–Kier alpha value is -1.36. The number of ether oxygens (including phenoxy) is 1. The summed E-state index contributed by atoms with van der Waals surface area (Å²) in [5, 5.41) is 8.39. The van der Waals surface area contributed by atoms with E-state index < -0.39 is 47.0 Å². The van der Waals surface area contributed by atoms with Gasteiger partial charge in [-0.2, -0.15) is 17.5 Å². The number of aliphatic carboxylic acids is 1. The number of sulfonamides is 1. The van der Waals surface area contributed by atoms with Crippen LogP contribution in [0.5, 0.6) is 0 Å². The first kappa shape index (κ1) is 17.6. The second-order valence-electron chi connectivity index (χ2n) is 3.34. The summed E-state index contributed by atoms with van der Waals surface area (Å²) in [5.74, 6) is -4.36. The zero-order valence-electron chi connectivity index (χ0n) is 9.81. The molecule has 0 aromatic carbocycles. The predicted molar refractivity (Wildman–Crippen MR) is 55.7 cm³/mol. The van der Waals surface area contributed by atoms with Crippen molar-refractivity contribution in [1.29, 1.82) is 0 Å². The van der Waals surface area contributed by atoms with Gasteiger partial charge in [0.05, 0.1) is 6.61 Å². The molecule has 0 aliphatic rings. The van der Waals surface area contributed by atoms with Gasteiger partial charge in [-0.15, -0.1) is 0 Å². The van der Waals surface area contributed by atoms with E-state index in [0.717, 1.165) is 0 Å². The summed E-state index contributed by atoms with van der Waals surface area (Å²) in [6, 6.07) is 0. The van der Waals surface area contributed by atoms with Crippen LogP contribution in [0.15, 0.2) is 0 Å². The van der Waals surface area contributed by atoms with Gasteiger partial charge >= 0.3 is 18.1 Å². The number of esters is 1. The van der Waals surface area contributed by atoms with Gasteiger partial charge < -0.3 is 9.84 Å². The predicted octanol–water partition coefficient (Wildman–Crippen LogP) is -0.172. The Balaban J connectivity index is 5.01. The van der Waals surface area contributed by atoms with Crippen LogP contribution in [0.3, 0.4) is 0 Å². The maximum Gasteiger partial charge on any atom is 0.402 e. The Labute approximate surface area is 107 Å². The van der Waals surface area contributed by atoms with E-state index in [9.17, 15) is 31.2 Å². The molecule has 0 unspecified atom stereocenters. The number of carbonyl (C=O) groups excluding carboxylic acids is 1. The number of halogens is 3. The lowest BCUT2D eigenvalue weighted by molar-refractivity contribution is -0.147. The topological polar surface area (TPSA) is 101 Å². The molecule has 0 atom stereocenters. The molecule has 0 saturated carbocycles. The van der Waals surface area contributed by atoms with E-state index in [0.29, 0.717) is 0 Å². The average Bonchev–Trinajstić information content (AvgIpc) is 2.12. The van der Waals surface area contributed by atoms with Crippen molar-refractivity contribution in [2.24, 2.45) is 0 Å². The van der Waals surface area contributed by atoms with Crippen LogP contribution in [0.2, 0.25) is 0 Å². The number of nitrogens with zero attached hydrogens (tertiary/aromatic N) is 1. The number of hydrogen-bond acceptors (Lipinski definition) is 5. The number of carbonyl (C=O) groups is 2. The molecule has 11 heteroatoms. The minimum absolute atomic E-state index is 0.146. The van der Waals surface area contributed by atoms with Crippen LogP contribution in [-0.2, 0) is 24.3 Å². The van der Waals surface area contributed by atoms with Gasteiger partial charge in [0.2, 0.25) is 10.0 Å². The van der Waals surface area contributed by atoms with Gasteiger partial charge in [0.25, 0.3) is 0 Å². The van der Waals surface area contributed by atoms with Gasteiger partial charge in [-0.05, 0) is 6.92 Å². The van der Waals surface area contributed by atoms with E-state index in [1.54, 1.807) is 0 Å². The zero-order valence-corrected chi connectivity index (χ0v) is 10.6. The lowest BCUT2D eigenvalue weighted by Crippen LogP contribution is -2.44. The molecule has 0 amide bonds. The van der Waals surface area contributed by atoms with Crippen molar-refractivity contribution in [2.45, 2.75) is 13.1 Å². The van der Waals surface area contributed by atoms with Gasteiger partial charge in [-0.3, -0.25) is 9.59 Å². The van der Waals surface area contributed by atoms with E-state index in [4.69, 9.17) is 5.11 Å². The van der Waals surface area contributed by atoms with Gasteiger partial charge in [-0.25, -0.2) is 8.42 Å². The summed E-state index contributed by atoms with van der Waals surface area (Å²) >= 11 is 0. The van der Waals surface area contributed by atoms with E-state index in [1.165, 1.54) is 6.92 Å². The Kier molecular flexibility index (Phi) is 6.22. The lowest BCUT2D eigenvalue weighted by atomic mass is 10.5. The normalized spacial score (nSPS) is 12.5. The molecule has 0 aromatic heterocycles. The molecule has 0 spiro atoms. The van der Waals surface area contributed by atoms with Crippen molar-refractivity contribution in [3.05, 3.63) is 0 Å². The van der Waals surface area contributed by atoms with Crippen LogP contribution in [0.4, 0.5) is 13.2 Å². The molecule has 0 saturated heterocycles. The van der Waals surface area contributed by atoms with Crippen LogP contribution in [0, 0.1) is 0 Å². The van der Waals surface area contributed by atoms with Crippen molar-refractivity contribution in [3.63, 3.8) is 0 Å². The Morgan fingerprint density at radius 2 is 1.84 bits per heavy atom. The van der Waals surface area contributed by atoms with Crippen molar-refractivity contribution < 1.29 is 41.0 Å². The standard InChI is InChI=1S/C8H12F3NO6S/c1-2-18-7(15)4-19(16,17)12(3-6(13)14)5-8(9,10)11/h2-5H2,1H3,(H,13,14). The molecule has 19 heavy (non-hydrogen) atoms. The fourth-order valence-corrected chi connectivity index (χ4v) is 2.26. The number of carboxylic acid groups (broad SMARTS) is 1. The van der Waals surface area contributed by atoms with Crippen molar-refractivity contribution in [2.75, 3.05) is 25.4 Å². The van der Waals surface area contributed by atoms with E-state index in [1.807, 2.05) is 0 Å². The molecule has 7 nitrogen and oxygen atoms in total. The van der Waals surface area contributed by atoms with E-state index in [2.05, 4.69) is 4.74 Å². The zero-order chi connectivity index (χ0) is 15.3. The number of alkyl halides is 3. The molecule has 0 aliphatic heterocycles. The highest BCUT2D eigenvalue weighted by Crippen LogP contribution is 2.18. The molecule has 0 heterocycles. The average molecular weight is 307 g/mol. The Morgan fingerprint density at radius 1 is 1.32 bits per heavy atom. The largest absolute Gasteiger partial charge is 0.480 e. The second kappa shape index (κ2) is 6.70. The van der Waals surface area contributed by atoms with Crippen LogP contribution in [-0.4, -0.2) is 61.4 Å². The maximum atomic E-state index is 12.2. The first-order chi connectivity index (χ1) is 8.48. The van der Waals surface area contributed by atoms with E-state index in [-0.39, 0.29) is 10.9 Å². The highest BCUT2D eigenvalue weighted by Gasteiger charge is 2.38.